The van der Waals surface area contributed by atoms with Crippen LogP contribution in [0, 0.1) is 19.8 Å². The highest BCUT2D eigenvalue weighted by molar-refractivity contribution is 6.23. The number of carbonyl (C=O) groups excluding carboxylic acids is 2. The van der Waals surface area contributed by atoms with Crippen LogP contribution in [-0.2, 0) is 6.42 Å². The summed E-state index contributed by atoms with van der Waals surface area (Å²) in [6.45, 7) is 8.35. The van der Waals surface area contributed by atoms with Crippen LogP contribution in [0.4, 0.5) is 0 Å². The molecule has 27 heavy (non-hydrogen) atoms. The van der Waals surface area contributed by atoms with Crippen molar-refractivity contribution < 1.29 is 14.3 Å². The average Bonchev–Trinajstić information content (AvgIpc) is 2.58. The quantitative estimate of drug-likeness (QED) is 0.669. The Bertz CT molecular complexity index is 899. The number of hydrogen-bond donors (Lipinski definition) is 0. The molecule has 0 saturated heterocycles. The van der Waals surface area contributed by atoms with Crippen LogP contribution >= 0.6 is 0 Å². The Morgan fingerprint density at radius 1 is 0.926 bits per heavy atom. The van der Waals surface area contributed by atoms with Crippen molar-refractivity contribution in [3.05, 3.63) is 76.1 Å². The molecule has 0 atom stereocenters. The van der Waals surface area contributed by atoms with E-state index in [0.717, 1.165) is 36.0 Å². The second-order valence-corrected chi connectivity index (χ2v) is 7.79. The monoisotopic (exact) mass is 362 g/mol. The zero-order chi connectivity index (χ0) is 19.6. The fourth-order valence-corrected chi connectivity index (χ4v) is 3.45. The van der Waals surface area contributed by atoms with Crippen molar-refractivity contribution in [2.45, 2.75) is 47.0 Å². The van der Waals surface area contributed by atoms with E-state index in [1.165, 1.54) is 6.08 Å². The molecule has 0 fully saturated rings. The molecule has 3 heteroatoms. The number of ketones is 2. The lowest BCUT2D eigenvalue weighted by Gasteiger charge is -2.17. The minimum Gasteiger partial charge on any atom is -0.453 e. The standard InChI is InChI=1S/C24H26O3/c1-15(2)6-5-7-18-8-9-20-21(13-18)22(25)14-23(24(20)26)27-19-11-16(3)10-17(4)12-19/h8-15H,5-7H2,1-4H3. The molecular formula is C24H26O3. The Kier molecular flexibility index (Phi) is 5.59. The lowest BCUT2D eigenvalue weighted by Crippen LogP contribution is -2.20. The molecule has 0 aromatic heterocycles. The second-order valence-electron chi connectivity index (χ2n) is 7.79. The van der Waals surface area contributed by atoms with E-state index in [9.17, 15) is 9.59 Å². The van der Waals surface area contributed by atoms with Crippen molar-refractivity contribution in [1.29, 1.82) is 0 Å². The van der Waals surface area contributed by atoms with Crippen LogP contribution in [0.2, 0.25) is 0 Å². The molecule has 2 aromatic carbocycles. The number of allylic oxidation sites excluding steroid dienone is 2. The summed E-state index contributed by atoms with van der Waals surface area (Å²) in [7, 11) is 0. The predicted octanol–water partition coefficient (Wildman–Crippen LogP) is 5.62. The molecule has 0 unspecified atom stereocenters. The van der Waals surface area contributed by atoms with E-state index in [1.807, 2.05) is 44.2 Å². The minimum atomic E-state index is -0.238. The van der Waals surface area contributed by atoms with Gasteiger partial charge in [-0.1, -0.05) is 32.4 Å². The maximum absolute atomic E-state index is 12.8. The molecule has 0 amide bonds. The van der Waals surface area contributed by atoms with Crippen LogP contribution in [0.3, 0.4) is 0 Å². The maximum Gasteiger partial charge on any atom is 0.229 e. The third kappa shape index (κ3) is 4.54. The molecule has 3 nitrogen and oxygen atoms in total. The number of hydrogen-bond acceptors (Lipinski definition) is 3. The van der Waals surface area contributed by atoms with Crippen molar-refractivity contribution in [3.8, 4) is 5.75 Å². The zero-order valence-electron chi connectivity index (χ0n) is 16.5. The zero-order valence-corrected chi connectivity index (χ0v) is 16.5. The molecule has 3 rings (SSSR count). The number of carbonyl (C=O) groups is 2. The Morgan fingerprint density at radius 2 is 1.63 bits per heavy atom. The highest BCUT2D eigenvalue weighted by Crippen LogP contribution is 2.26. The Balaban J connectivity index is 1.81. The first-order valence-electron chi connectivity index (χ1n) is 9.53. The van der Waals surface area contributed by atoms with Gasteiger partial charge >= 0.3 is 0 Å². The summed E-state index contributed by atoms with van der Waals surface area (Å²) in [6, 6.07) is 11.3. The van der Waals surface area contributed by atoms with Crippen molar-refractivity contribution in [2.24, 2.45) is 5.92 Å². The van der Waals surface area contributed by atoms with Crippen molar-refractivity contribution >= 4 is 11.6 Å². The van der Waals surface area contributed by atoms with E-state index in [2.05, 4.69) is 13.8 Å². The number of benzene rings is 2. The molecule has 140 valence electrons. The van der Waals surface area contributed by atoms with Gasteiger partial charge in [-0.25, -0.2) is 0 Å². The highest BCUT2D eigenvalue weighted by Gasteiger charge is 2.27. The SMILES string of the molecule is Cc1cc(C)cc(OC2=CC(=O)c3cc(CCCC(C)C)ccc3C2=O)c1. The van der Waals surface area contributed by atoms with Crippen LogP contribution in [0.1, 0.15) is 64.1 Å². The number of aryl methyl sites for hydroxylation is 3. The molecule has 1 aliphatic carbocycles. The van der Waals surface area contributed by atoms with Crippen molar-refractivity contribution in [2.75, 3.05) is 0 Å². The largest absolute Gasteiger partial charge is 0.453 e. The maximum atomic E-state index is 12.8. The lowest BCUT2D eigenvalue weighted by atomic mass is 9.90. The fraction of sp³-hybridized carbons (Fsp3) is 0.333. The first-order chi connectivity index (χ1) is 12.8. The van der Waals surface area contributed by atoms with Gasteiger partial charge in [0.05, 0.1) is 0 Å². The first-order valence-corrected chi connectivity index (χ1v) is 9.53. The molecule has 2 aromatic rings. The van der Waals surface area contributed by atoms with Gasteiger partial charge in [0.2, 0.25) is 5.78 Å². The van der Waals surface area contributed by atoms with E-state index in [0.29, 0.717) is 22.8 Å². The molecule has 0 heterocycles. The Labute approximate surface area is 161 Å². The summed E-state index contributed by atoms with van der Waals surface area (Å²) in [4.78, 5) is 25.4. The Hall–Kier alpha value is -2.68. The first kappa shape index (κ1) is 19.1. The normalized spacial score (nSPS) is 13.6. The van der Waals surface area contributed by atoms with Crippen LogP contribution in [0.15, 0.2) is 48.2 Å². The van der Waals surface area contributed by atoms with Gasteiger partial charge < -0.3 is 4.74 Å². The molecule has 0 N–H and O–H groups in total. The topological polar surface area (TPSA) is 43.4 Å². The summed E-state index contributed by atoms with van der Waals surface area (Å²) >= 11 is 0. The summed E-state index contributed by atoms with van der Waals surface area (Å²) in [6.07, 6.45) is 4.47. The van der Waals surface area contributed by atoms with E-state index >= 15 is 0 Å². The number of fused-ring (bicyclic) bond motifs is 1. The molecule has 0 spiro atoms. The summed E-state index contributed by atoms with van der Waals surface area (Å²) in [5.74, 6) is 0.921. The van der Waals surface area contributed by atoms with Gasteiger partial charge in [-0.2, -0.15) is 0 Å². The third-order valence-electron chi connectivity index (χ3n) is 4.75. The van der Waals surface area contributed by atoms with E-state index < -0.39 is 0 Å². The Morgan fingerprint density at radius 3 is 2.30 bits per heavy atom. The predicted molar refractivity (Wildman–Crippen MR) is 108 cm³/mol. The third-order valence-corrected chi connectivity index (χ3v) is 4.75. The van der Waals surface area contributed by atoms with Crippen LogP contribution in [-0.4, -0.2) is 11.6 Å². The van der Waals surface area contributed by atoms with E-state index in [1.54, 1.807) is 6.07 Å². The van der Waals surface area contributed by atoms with Gasteiger partial charge in [0.15, 0.2) is 11.5 Å². The highest BCUT2D eigenvalue weighted by atomic mass is 16.5. The molecular weight excluding hydrogens is 336 g/mol. The molecule has 1 aliphatic rings. The van der Waals surface area contributed by atoms with Gasteiger partial charge in [0, 0.05) is 17.2 Å². The summed E-state index contributed by atoms with van der Waals surface area (Å²) in [5, 5.41) is 0. The number of Topliss-reactive ketones (excluding diaryl/α,β-unsaturated/α-hetero) is 1. The fourth-order valence-electron chi connectivity index (χ4n) is 3.45. The van der Waals surface area contributed by atoms with Crippen LogP contribution < -0.4 is 4.74 Å². The van der Waals surface area contributed by atoms with Gasteiger partial charge in [0.25, 0.3) is 0 Å². The molecule has 0 bridgehead atoms. The molecule has 0 saturated carbocycles. The van der Waals surface area contributed by atoms with Gasteiger partial charge in [-0.05, 0) is 73.6 Å². The minimum absolute atomic E-state index is 0.0880. The molecule has 0 aliphatic heterocycles. The lowest BCUT2D eigenvalue weighted by molar-refractivity contribution is 0.0946. The van der Waals surface area contributed by atoms with Crippen LogP contribution in [0.25, 0.3) is 0 Å². The van der Waals surface area contributed by atoms with Gasteiger partial charge in [0.1, 0.15) is 5.75 Å². The second kappa shape index (κ2) is 7.91. The van der Waals surface area contributed by atoms with E-state index in [-0.39, 0.29) is 17.3 Å². The number of ether oxygens (including phenoxy) is 1. The smallest absolute Gasteiger partial charge is 0.229 e. The number of rotatable bonds is 6. The van der Waals surface area contributed by atoms with Crippen molar-refractivity contribution in [1.82, 2.24) is 0 Å². The molecule has 0 radical (unpaired) electrons. The van der Waals surface area contributed by atoms with Crippen LogP contribution in [0.5, 0.6) is 5.75 Å². The van der Waals surface area contributed by atoms with Crippen molar-refractivity contribution in [3.63, 3.8) is 0 Å². The summed E-state index contributed by atoms with van der Waals surface area (Å²) in [5.41, 5.74) is 4.10. The van der Waals surface area contributed by atoms with Gasteiger partial charge in [-0.15, -0.1) is 0 Å². The summed E-state index contributed by atoms with van der Waals surface area (Å²) < 4.78 is 5.77. The average molecular weight is 362 g/mol. The van der Waals surface area contributed by atoms with E-state index in [4.69, 9.17) is 4.74 Å². The van der Waals surface area contributed by atoms with Gasteiger partial charge in [-0.3, -0.25) is 9.59 Å².